The predicted molar refractivity (Wildman–Crippen MR) is 44.2 cm³/mol. The van der Waals surface area contributed by atoms with Crippen LogP contribution in [0.1, 0.15) is 5.69 Å². The van der Waals surface area contributed by atoms with Gasteiger partial charge in [-0.2, -0.15) is 0 Å². The Balaban J connectivity index is 2.40. The van der Waals surface area contributed by atoms with Gasteiger partial charge in [-0.15, -0.1) is 0 Å². The topological polar surface area (TPSA) is 52.3 Å². The van der Waals surface area contributed by atoms with Crippen molar-refractivity contribution in [2.24, 2.45) is 0 Å². The zero-order valence-corrected chi connectivity index (χ0v) is 6.56. The molecule has 1 aromatic heterocycles. The molecule has 2 rings (SSSR count). The minimum Gasteiger partial charge on any atom is -0.443 e. The monoisotopic (exact) mass is 175 g/mol. The number of aromatic nitrogens is 1. The van der Waals surface area contributed by atoms with Gasteiger partial charge in [-0.3, -0.25) is 0 Å². The summed E-state index contributed by atoms with van der Waals surface area (Å²) in [6, 6.07) is 7.29. The van der Waals surface area contributed by atoms with Crippen molar-refractivity contribution in [2.75, 3.05) is 0 Å². The molecule has 64 valence electrons. The molecule has 0 amide bonds. The van der Waals surface area contributed by atoms with E-state index in [0.29, 0.717) is 11.3 Å². The van der Waals surface area contributed by atoms with Gasteiger partial charge in [-0.1, -0.05) is 17.3 Å². The van der Waals surface area contributed by atoms with Gasteiger partial charge in [-0.25, -0.2) is 4.79 Å². The van der Waals surface area contributed by atoms with Crippen molar-refractivity contribution in [1.82, 2.24) is 5.16 Å². The lowest BCUT2D eigenvalue weighted by Crippen LogP contribution is -1.86. The Morgan fingerprint density at radius 1 is 1.46 bits per heavy atom. The van der Waals surface area contributed by atoms with Crippen LogP contribution in [0.25, 0.3) is 11.0 Å². The van der Waals surface area contributed by atoms with Crippen LogP contribution in [0.15, 0.2) is 28.8 Å². The van der Waals surface area contributed by atoms with Crippen molar-refractivity contribution in [3.63, 3.8) is 0 Å². The molecule has 2 radical (unpaired) electrons. The van der Waals surface area contributed by atoms with Gasteiger partial charge in [0.1, 0.15) is 5.69 Å². The lowest BCUT2D eigenvalue weighted by Gasteiger charge is -1.89. The molecule has 1 heterocycles. The first-order valence-corrected chi connectivity index (χ1v) is 3.62. The molecule has 0 atom stereocenters. The Morgan fingerprint density at radius 3 is 3.15 bits per heavy atom. The molecule has 4 nitrogen and oxygen atoms in total. The molecule has 0 bridgehead atoms. The van der Waals surface area contributed by atoms with Gasteiger partial charge >= 0.3 is 6.47 Å². The lowest BCUT2D eigenvalue weighted by molar-refractivity contribution is 0.353. The van der Waals surface area contributed by atoms with E-state index in [1.165, 1.54) is 13.1 Å². The summed E-state index contributed by atoms with van der Waals surface area (Å²) in [5.74, 6) is 0. The number of nitrogens with zero attached hydrogens (tertiary/aromatic N) is 1. The highest BCUT2D eigenvalue weighted by molar-refractivity contribution is 5.80. The minimum absolute atomic E-state index is 0.485. The van der Waals surface area contributed by atoms with E-state index in [9.17, 15) is 4.79 Å². The second-order valence-corrected chi connectivity index (χ2v) is 2.38. The summed E-state index contributed by atoms with van der Waals surface area (Å²) < 4.78 is 9.29. The molecule has 0 aliphatic heterocycles. The normalized spacial score (nSPS) is 10.2. The first-order chi connectivity index (χ1) is 6.42. The first kappa shape index (κ1) is 7.79. The molecule has 13 heavy (non-hydrogen) atoms. The summed E-state index contributed by atoms with van der Waals surface area (Å²) in [5, 5.41) is 4.50. The molecule has 1 aromatic carbocycles. The third kappa shape index (κ3) is 1.38. The molecule has 0 spiro atoms. The standard InChI is InChI=1S/C9H5NO3/c11-6-12-5-8-7-3-1-2-4-9(7)13-10-8/h1-5H. The van der Waals surface area contributed by atoms with E-state index in [0.717, 1.165) is 5.39 Å². The Kier molecular flexibility index (Phi) is 1.96. The van der Waals surface area contributed by atoms with Gasteiger partial charge < -0.3 is 9.26 Å². The third-order valence-electron chi connectivity index (χ3n) is 1.62. The molecule has 0 unspecified atom stereocenters. The fraction of sp³-hybridized carbons (Fsp3) is 0. The maximum Gasteiger partial charge on any atom is 0.418 e. The van der Waals surface area contributed by atoms with Gasteiger partial charge in [0.05, 0.1) is 0 Å². The fourth-order valence-electron chi connectivity index (χ4n) is 1.07. The van der Waals surface area contributed by atoms with Gasteiger partial charge in [0, 0.05) is 5.39 Å². The maximum atomic E-state index is 9.80. The van der Waals surface area contributed by atoms with Crippen LogP contribution in [0.4, 0.5) is 0 Å². The Morgan fingerprint density at radius 2 is 2.31 bits per heavy atom. The maximum absolute atomic E-state index is 9.80. The molecule has 0 fully saturated rings. The van der Waals surface area contributed by atoms with Gasteiger partial charge in [-0.05, 0) is 12.1 Å². The van der Waals surface area contributed by atoms with Crippen LogP contribution in [0.3, 0.4) is 0 Å². The number of ether oxygens (including phenoxy) is 1. The average molecular weight is 175 g/mol. The zero-order chi connectivity index (χ0) is 9.10. The summed E-state index contributed by atoms with van der Waals surface area (Å²) in [6.07, 6.45) is 0. The van der Waals surface area contributed by atoms with Crippen molar-refractivity contribution in [1.29, 1.82) is 0 Å². The third-order valence-corrected chi connectivity index (χ3v) is 1.62. The lowest BCUT2D eigenvalue weighted by atomic mass is 10.2. The highest BCUT2D eigenvalue weighted by Gasteiger charge is 2.07. The first-order valence-electron chi connectivity index (χ1n) is 3.62. The summed E-state index contributed by atoms with van der Waals surface area (Å²) in [4.78, 5) is 9.80. The smallest absolute Gasteiger partial charge is 0.418 e. The second-order valence-electron chi connectivity index (χ2n) is 2.38. The quantitative estimate of drug-likeness (QED) is 0.707. The van der Waals surface area contributed by atoms with E-state index < -0.39 is 0 Å². The van der Waals surface area contributed by atoms with E-state index in [1.807, 2.05) is 18.2 Å². The molecular weight excluding hydrogens is 170 g/mol. The van der Waals surface area contributed by atoms with Crippen molar-refractivity contribution in [3.05, 3.63) is 36.6 Å². The van der Waals surface area contributed by atoms with E-state index >= 15 is 0 Å². The number of rotatable bonds is 3. The van der Waals surface area contributed by atoms with Crippen LogP contribution in [-0.4, -0.2) is 11.6 Å². The molecule has 0 saturated heterocycles. The van der Waals surface area contributed by atoms with Crippen LogP contribution < -0.4 is 0 Å². The second kappa shape index (κ2) is 3.26. The van der Waals surface area contributed by atoms with E-state index in [2.05, 4.69) is 9.89 Å². The summed E-state index contributed by atoms with van der Waals surface area (Å²) >= 11 is 0. The number of hydrogen-bond acceptors (Lipinski definition) is 4. The molecule has 4 heteroatoms. The number of para-hydroxylation sites is 1. The van der Waals surface area contributed by atoms with E-state index in [1.54, 1.807) is 6.07 Å². The van der Waals surface area contributed by atoms with E-state index in [4.69, 9.17) is 4.52 Å². The summed E-state index contributed by atoms with van der Waals surface area (Å²) in [7, 11) is 0. The Labute approximate surface area is 74.1 Å². The molecular formula is C9H5NO3. The number of fused-ring (bicyclic) bond motifs is 1. The fourth-order valence-corrected chi connectivity index (χ4v) is 1.07. The predicted octanol–water partition coefficient (Wildman–Crippen LogP) is 1.42. The SMILES string of the molecule is O=[C]O[CH]c1noc2ccccc12. The molecule has 0 N–H and O–H groups in total. The van der Waals surface area contributed by atoms with Crippen molar-refractivity contribution < 1.29 is 14.1 Å². The number of benzene rings is 1. The molecule has 0 aliphatic rings. The van der Waals surface area contributed by atoms with Crippen LogP contribution in [0.2, 0.25) is 0 Å². The van der Waals surface area contributed by atoms with Crippen LogP contribution in [0.5, 0.6) is 0 Å². The number of carbonyl (C=O) groups excluding carboxylic acids is 1. The Hall–Kier alpha value is -1.84. The van der Waals surface area contributed by atoms with Crippen molar-refractivity contribution >= 4 is 17.4 Å². The van der Waals surface area contributed by atoms with Crippen LogP contribution in [0, 0.1) is 6.61 Å². The largest absolute Gasteiger partial charge is 0.443 e. The van der Waals surface area contributed by atoms with Crippen molar-refractivity contribution in [3.8, 4) is 0 Å². The van der Waals surface area contributed by atoms with Gasteiger partial charge in [0.15, 0.2) is 12.2 Å². The average Bonchev–Trinajstić information content (AvgIpc) is 2.58. The molecule has 0 saturated carbocycles. The highest BCUT2D eigenvalue weighted by atomic mass is 16.5. The van der Waals surface area contributed by atoms with Gasteiger partial charge in [0.25, 0.3) is 0 Å². The summed E-state index contributed by atoms with van der Waals surface area (Å²) in [6.45, 7) is 2.48. The van der Waals surface area contributed by atoms with Gasteiger partial charge in [0.2, 0.25) is 0 Å². The number of hydrogen-bond donors (Lipinski definition) is 0. The zero-order valence-electron chi connectivity index (χ0n) is 6.56. The van der Waals surface area contributed by atoms with Crippen LogP contribution >= 0.6 is 0 Å². The van der Waals surface area contributed by atoms with E-state index in [-0.39, 0.29) is 0 Å². The Bertz CT molecular complexity index is 421. The summed E-state index contributed by atoms with van der Waals surface area (Å²) in [5.41, 5.74) is 1.14. The van der Waals surface area contributed by atoms with Crippen LogP contribution in [-0.2, 0) is 9.53 Å². The van der Waals surface area contributed by atoms with Crippen molar-refractivity contribution in [2.45, 2.75) is 0 Å². The molecule has 0 aliphatic carbocycles. The minimum atomic E-state index is 0.485. The highest BCUT2D eigenvalue weighted by Crippen LogP contribution is 2.18. The molecule has 2 aromatic rings.